The number of pyridine rings is 1. The van der Waals surface area contributed by atoms with E-state index in [1.54, 1.807) is 0 Å². The molecule has 0 radical (unpaired) electrons. The maximum Gasteiger partial charge on any atom is 0.227 e. The molecule has 3 rings (SSSR count). The summed E-state index contributed by atoms with van der Waals surface area (Å²) in [7, 11) is 0. The van der Waals surface area contributed by atoms with Gasteiger partial charge in [-0.15, -0.1) is 0 Å². The molecule has 120 valence electrons. The predicted molar refractivity (Wildman–Crippen MR) is 95.7 cm³/mol. The number of hydrogen-bond acceptors (Lipinski definition) is 2. The molecule has 2 aromatic carbocycles. The van der Waals surface area contributed by atoms with Crippen molar-refractivity contribution in [1.29, 1.82) is 0 Å². The molecular weight excluding hydrogens is 298 g/mol. The van der Waals surface area contributed by atoms with E-state index in [1.165, 1.54) is 0 Å². The van der Waals surface area contributed by atoms with Crippen LogP contribution in [-0.4, -0.2) is 17.5 Å². The number of aromatic nitrogens is 1. The van der Waals surface area contributed by atoms with Crippen molar-refractivity contribution in [2.75, 3.05) is 6.61 Å². The molecular formula is C21H20NO2+. The van der Waals surface area contributed by atoms with Gasteiger partial charge >= 0.3 is 0 Å². The Kier molecular flexibility index (Phi) is 5.14. The lowest BCUT2D eigenvalue weighted by atomic mass is 10.1. The lowest BCUT2D eigenvalue weighted by Gasteiger charge is -2.05. The highest BCUT2D eigenvalue weighted by Gasteiger charge is 2.18. The van der Waals surface area contributed by atoms with Crippen LogP contribution >= 0.6 is 0 Å². The fraction of sp³-hybridized carbons (Fsp3) is 0.143. The number of hydrogen-bond donors (Lipinski definition) is 1. The average molecular weight is 318 g/mol. The van der Waals surface area contributed by atoms with Crippen LogP contribution in [0.2, 0.25) is 0 Å². The molecule has 3 heteroatoms. The van der Waals surface area contributed by atoms with Gasteiger partial charge in [0.2, 0.25) is 23.5 Å². The topological polar surface area (TPSA) is 41.2 Å². The third-order valence-corrected chi connectivity index (χ3v) is 3.95. The molecule has 1 N–H and O–H groups in total. The van der Waals surface area contributed by atoms with E-state index in [4.69, 9.17) is 5.11 Å². The Bertz CT molecular complexity index is 869. The second-order valence-corrected chi connectivity index (χ2v) is 5.61. The highest BCUT2D eigenvalue weighted by molar-refractivity contribution is 5.95. The van der Waals surface area contributed by atoms with Gasteiger partial charge in [-0.3, -0.25) is 4.79 Å². The Hall–Kier alpha value is -2.78. The molecule has 0 amide bonds. The molecule has 0 atom stereocenters. The monoisotopic (exact) mass is 318 g/mol. The van der Waals surface area contributed by atoms with Crippen molar-refractivity contribution in [3.63, 3.8) is 0 Å². The summed E-state index contributed by atoms with van der Waals surface area (Å²) in [6, 6.07) is 21.4. The summed E-state index contributed by atoms with van der Waals surface area (Å²) in [6.45, 7) is 0.400. The zero-order valence-electron chi connectivity index (χ0n) is 13.4. The van der Waals surface area contributed by atoms with Gasteiger partial charge in [-0.2, -0.15) is 4.57 Å². The average Bonchev–Trinajstić information content (AvgIpc) is 2.64. The van der Waals surface area contributed by atoms with Crippen LogP contribution in [0, 0.1) is 0 Å². The number of fused-ring (bicyclic) bond motifs is 1. The fourth-order valence-corrected chi connectivity index (χ4v) is 2.74. The molecule has 0 fully saturated rings. The number of Topliss-reactive ketones (excluding diaryl/α,β-unsaturated/α-hetero) is 1. The Labute approximate surface area is 141 Å². The van der Waals surface area contributed by atoms with Crippen LogP contribution in [0.1, 0.15) is 22.5 Å². The predicted octanol–water partition coefficient (Wildman–Crippen LogP) is 3.41. The molecule has 3 nitrogen and oxygen atoms in total. The van der Waals surface area contributed by atoms with Crippen molar-refractivity contribution >= 4 is 22.8 Å². The van der Waals surface area contributed by atoms with Gasteiger partial charge in [-0.05, 0) is 18.6 Å². The number of carbonyl (C=O) groups excluding carboxylic acids is 1. The standard InChI is InChI=1S/C21H20NO2/c23-15-7-6-11-19-14-13-17-8-4-5-12-20(17)22(19)16-21(24)18-9-2-1-3-10-18/h1-6,8-14,23H,7,15-16H2/q+1. The number of aliphatic hydroxyl groups is 1. The number of aliphatic hydroxyl groups excluding tert-OH is 1. The SMILES string of the molecule is O=C(C[n+]1c(C=CCCO)ccc2ccccc21)c1ccccc1. The van der Waals surface area contributed by atoms with E-state index >= 15 is 0 Å². The van der Waals surface area contributed by atoms with Crippen molar-refractivity contribution < 1.29 is 14.5 Å². The summed E-state index contributed by atoms with van der Waals surface area (Å²) in [6.07, 6.45) is 4.48. The lowest BCUT2D eigenvalue weighted by molar-refractivity contribution is -0.658. The highest BCUT2D eigenvalue weighted by Crippen LogP contribution is 2.12. The number of para-hydroxylation sites is 1. The highest BCUT2D eigenvalue weighted by atomic mass is 16.2. The van der Waals surface area contributed by atoms with E-state index in [0.29, 0.717) is 12.0 Å². The summed E-state index contributed by atoms with van der Waals surface area (Å²) in [5.74, 6) is 0.0776. The Balaban J connectivity index is 2.02. The van der Waals surface area contributed by atoms with Crippen LogP contribution in [0.3, 0.4) is 0 Å². The number of rotatable bonds is 6. The molecule has 0 aliphatic carbocycles. The van der Waals surface area contributed by atoms with Crippen LogP contribution < -0.4 is 4.57 Å². The molecule has 0 aliphatic rings. The zero-order valence-corrected chi connectivity index (χ0v) is 13.4. The van der Waals surface area contributed by atoms with Crippen LogP contribution in [-0.2, 0) is 6.54 Å². The zero-order chi connectivity index (χ0) is 16.8. The van der Waals surface area contributed by atoms with Crippen molar-refractivity contribution in [2.24, 2.45) is 0 Å². The number of benzene rings is 2. The summed E-state index contributed by atoms with van der Waals surface area (Å²) < 4.78 is 2.03. The molecule has 0 spiro atoms. The lowest BCUT2D eigenvalue weighted by Crippen LogP contribution is -2.41. The largest absolute Gasteiger partial charge is 0.396 e. The van der Waals surface area contributed by atoms with Gasteiger partial charge < -0.3 is 5.11 Å². The second-order valence-electron chi connectivity index (χ2n) is 5.61. The number of carbonyl (C=O) groups is 1. The van der Waals surface area contributed by atoms with Crippen molar-refractivity contribution in [3.05, 3.63) is 84.1 Å². The van der Waals surface area contributed by atoms with E-state index in [1.807, 2.05) is 77.4 Å². The molecule has 0 bridgehead atoms. The van der Waals surface area contributed by atoms with Crippen molar-refractivity contribution in [1.82, 2.24) is 0 Å². The van der Waals surface area contributed by atoms with E-state index < -0.39 is 0 Å². The minimum Gasteiger partial charge on any atom is -0.396 e. The van der Waals surface area contributed by atoms with Crippen LogP contribution in [0.15, 0.2) is 72.8 Å². The minimum absolute atomic E-state index is 0.0776. The van der Waals surface area contributed by atoms with Gasteiger partial charge in [0.15, 0.2) is 0 Å². The molecule has 0 aliphatic heterocycles. The normalized spacial score (nSPS) is 11.2. The first-order valence-electron chi connectivity index (χ1n) is 8.07. The fourth-order valence-electron chi connectivity index (χ4n) is 2.74. The van der Waals surface area contributed by atoms with Gasteiger partial charge in [0.1, 0.15) is 0 Å². The van der Waals surface area contributed by atoms with E-state index in [2.05, 4.69) is 6.07 Å². The van der Waals surface area contributed by atoms with Crippen LogP contribution in [0.4, 0.5) is 0 Å². The van der Waals surface area contributed by atoms with Gasteiger partial charge in [0, 0.05) is 35.8 Å². The quantitative estimate of drug-likeness (QED) is 0.559. The van der Waals surface area contributed by atoms with Crippen molar-refractivity contribution in [3.8, 4) is 0 Å². The van der Waals surface area contributed by atoms with Gasteiger partial charge in [-0.25, -0.2) is 0 Å². The smallest absolute Gasteiger partial charge is 0.227 e. The molecule has 0 unspecified atom stereocenters. The maximum atomic E-state index is 12.7. The van der Waals surface area contributed by atoms with Crippen LogP contribution in [0.25, 0.3) is 17.0 Å². The maximum absolute atomic E-state index is 12.7. The van der Waals surface area contributed by atoms with E-state index in [9.17, 15) is 4.79 Å². The van der Waals surface area contributed by atoms with E-state index in [-0.39, 0.29) is 18.9 Å². The second kappa shape index (κ2) is 7.66. The summed E-state index contributed by atoms with van der Waals surface area (Å²) in [5, 5.41) is 10.1. The molecule has 1 heterocycles. The van der Waals surface area contributed by atoms with Gasteiger partial charge in [-0.1, -0.05) is 48.5 Å². The first-order valence-corrected chi connectivity index (χ1v) is 8.07. The third kappa shape index (κ3) is 3.58. The van der Waals surface area contributed by atoms with Gasteiger partial charge in [0.25, 0.3) is 0 Å². The van der Waals surface area contributed by atoms with E-state index in [0.717, 1.165) is 16.6 Å². The molecule has 0 saturated heterocycles. The Morgan fingerprint density at radius 3 is 2.50 bits per heavy atom. The Morgan fingerprint density at radius 2 is 1.71 bits per heavy atom. The molecule has 24 heavy (non-hydrogen) atoms. The molecule has 0 saturated carbocycles. The summed E-state index contributed by atoms with van der Waals surface area (Å²) in [5.41, 5.74) is 2.68. The summed E-state index contributed by atoms with van der Waals surface area (Å²) in [4.78, 5) is 12.7. The number of nitrogens with zero attached hydrogens (tertiary/aromatic N) is 1. The first-order chi connectivity index (χ1) is 11.8. The summed E-state index contributed by atoms with van der Waals surface area (Å²) >= 11 is 0. The van der Waals surface area contributed by atoms with Crippen LogP contribution in [0.5, 0.6) is 0 Å². The molecule has 1 aromatic heterocycles. The number of ketones is 1. The van der Waals surface area contributed by atoms with Crippen molar-refractivity contribution in [2.45, 2.75) is 13.0 Å². The minimum atomic E-state index is 0.0776. The first kappa shape index (κ1) is 16.1. The Morgan fingerprint density at radius 1 is 0.958 bits per heavy atom. The molecule has 3 aromatic rings. The van der Waals surface area contributed by atoms with Gasteiger partial charge in [0.05, 0.1) is 0 Å². The third-order valence-electron chi connectivity index (χ3n) is 3.95.